The van der Waals surface area contributed by atoms with E-state index in [1.54, 1.807) is 4.57 Å². The number of nitrogen functional groups attached to an aromatic ring is 1. The van der Waals surface area contributed by atoms with Crippen molar-refractivity contribution in [2.75, 3.05) is 24.8 Å². The summed E-state index contributed by atoms with van der Waals surface area (Å²) >= 11 is 2.18. The molecule has 172 valence electrons. The predicted octanol–water partition coefficient (Wildman–Crippen LogP) is 2.05. The molecule has 4 rings (SSSR count). The molecule has 0 saturated heterocycles. The van der Waals surface area contributed by atoms with E-state index in [1.807, 2.05) is 26.0 Å². The Morgan fingerprint density at radius 2 is 1.97 bits per heavy atom. The number of aromatic nitrogens is 4. The third kappa shape index (κ3) is 4.88. The first-order valence-electron chi connectivity index (χ1n) is 9.86. The van der Waals surface area contributed by atoms with Crippen LogP contribution in [0.2, 0.25) is 0 Å². The molecule has 3 aromatic rings. The van der Waals surface area contributed by atoms with Crippen LogP contribution >= 0.6 is 22.6 Å². The van der Waals surface area contributed by atoms with Gasteiger partial charge < -0.3 is 19.8 Å². The molecule has 32 heavy (non-hydrogen) atoms. The van der Waals surface area contributed by atoms with Crippen LogP contribution in [0.4, 0.5) is 10.2 Å². The lowest BCUT2D eigenvalue weighted by Gasteiger charge is -2.12. The highest BCUT2D eigenvalue weighted by Crippen LogP contribution is 2.36. The number of nitrogens with one attached hydrogen (secondary N) is 1. The van der Waals surface area contributed by atoms with Gasteiger partial charge in [0.1, 0.15) is 5.82 Å². The van der Waals surface area contributed by atoms with Crippen molar-refractivity contribution >= 4 is 49.6 Å². The minimum absolute atomic E-state index is 0.0241. The quantitative estimate of drug-likeness (QED) is 0.308. The van der Waals surface area contributed by atoms with Crippen LogP contribution in [0.25, 0.3) is 11.2 Å². The van der Waals surface area contributed by atoms with Crippen LogP contribution in [0.1, 0.15) is 25.2 Å². The molecule has 1 aliphatic rings. The molecular weight excluding hydrogens is 554 g/mol. The Balaban J connectivity index is 1.70. The van der Waals surface area contributed by atoms with Crippen LogP contribution in [0.3, 0.4) is 0 Å². The summed E-state index contributed by atoms with van der Waals surface area (Å²) < 4.78 is 54.7. The summed E-state index contributed by atoms with van der Waals surface area (Å²) in [6, 6.07) is 3.71. The largest absolute Gasteiger partial charge is 0.454 e. The van der Waals surface area contributed by atoms with Gasteiger partial charge in [0, 0.05) is 23.1 Å². The maximum atomic E-state index is 13.9. The summed E-state index contributed by atoms with van der Waals surface area (Å²) in [6.45, 7) is 4.34. The fraction of sp³-hybridized carbons (Fsp3) is 0.421. The summed E-state index contributed by atoms with van der Waals surface area (Å²) in [5.41, 5.74) is 7.13. The zero-order chi connectivity index (χ0) is 23.0. The van der Waals surface area contributed by atoms with Crippen molar-refractivity contribution in [3.8, 4) is 11.5 Å². The monoisotopic (exact) mass is 576 g/mol. The highest BCUT2D eigenvalue weighted by Gasteiger charge is 2.22. The first-order valence-corrected chi connectivity index (χ1v) is 12.6. The van der Waals surface area contributed by atoms with Crippen LogP contribution < -0.4 is 19.9 Å². The number of ether oxygens (including phenoxy) is 2. The second-order valence-electron chi connectivity index (χ2n) is 7.76. The third-order valence-electron chi connectivity index (χ3n) is 4.86. The molecule has 3 N–H and O–H groups in total. The average Bonchev–Trinajstić information content (AvgIpc) is 3.29. The van der Waals surface area contributed by atoms with Crippen LogP contribution in [-0.2, 0) is 23.0 Å². The highest BCUT2D eigenvalue weighted by atomic mass is 127. The van der Waals surface area contributed by atoms with E-state index in [1.165, 1.54) is 0 Å². The molecule has 0 atom stereocenters. The van der Waals surface area contributed by atoms with Crippen molar-refractivity contribution < 1.29 is 22.3 Å². The Kier molecular flexibility index (Phi) is 6.40. The second-order valence-corrected chi connectivity index (χ2v) is 10.9. The topological polar surface area (TPSA) is 134 Å². The highest BCUT2D eigenvalue weighted by molar-refractivity contribution is 14.1. The van der Waals surface area contributed by atoms with Crippen LogP contribution in [0.15, 0.2) is 12.1 Å². The zero-order valence-corrected chi connectivity index (χ0v) is 20.4. The van der Waals surface area contributed by atoms with Gasteiger partial charge >= 0.3 is 6.08 Å². The number of aryl methyl sites for hydroxylation is 1. The van der Waals surface area contributed by atoms with E-state index in [4.69, 9.17) is 15.2 Å². The van der Waals surface area contributed by atoms with Gasteiger partial charge in [0.2, 0.25) is 16.8 Å². The van der Waals surface area contributed by atoms with Gasteiger partial charge in [-0.3, -0.25) is 0 Å². The third-order valence-corrected chi connectivity index (χ3v) is 7.19. The molecule has 0 fully saturated rings. The van der Waals surface area contributed by atoms with Crippen molar-refractivity contribution in [3.63, 3.8) is 0 Å². The summed E-state index contributed by atoms with van der Waals surface area (Å²) in [4.78, 5) is 11.9. The minimum atomic E-state index is -3.55. The lowest BCUT2D eigenvalue weighted by molar-refractivity contribution is 0.174. The van der Waals surface area contributed by atoms with E-state index < -0.39 is 16.1 Å². The molecule has 1 aliphatic heterocycles. The molecule has 1 aromatic carbocycles. The molecule has 0 unspecified atom stereocenters. The number of nitrogens with zero attached hydrogens (tertiary/aromatic N) is 4. The molecule has 2 aromatic heterocycles. The van der Waals surface area contributed by atoms with Gasteiger partial charge in [-0.25, -0.2) is 18.1 Å². The number of imidazole rings is 1. The van der Waals surface area contributed by atoms with Crippen molar-refractivity contribution in [2.24, 2.45) is 5.92 Å². The Morgan fingerprint density at radius 3 is 2.69 bits per heavy atom. The maximum absolute atomic E-state index is 13.9. The SMILES string of the molecule is CC(C)CNS(=O)(=O)CCn1c(Cc2cc3c(cc2I)OCO3)nc2c(N)nc(F)nc21. The standard InChI is InChI=1S/C19H22FIN6O4S/c1-10(2)8-23-32(28,29)4-3-27-15(24-16-17(22)25-19(20)26-18(16)27)6-11-5-13-14(7-12(11)21)31-9-30-13/h5,7,10,23H,3-4,6,8-9H2,1-2H3,(H2,22,25,26). The number of rotatable bonds is 8. The lowest BCUT2D eigenvalue weighted by Crippen LogP contribution is -2.31. The first kappa shape index (κ1) is 22.9. The molecule has 10 nitrogen and oxygen atoms in total. The van der Waals surface area contributed by atoms with Gasteiger partial charge in [-0.05, 0) is 46.2 Å². The Hall–Kier alpha value is -2.26. The fourth-order valence-electron chi connectivity index (χ4n) is 3.25. The Morgan fingerprint density at radius 1 is 1.25 bits per heavy atom. The summed E-state index contributed by atoms with van der Waals surface area (Å²) in [7, 11) is -3.55. The van der Waals surface area contributed by atoms with E-state index in [0.717, 1.165) is 9.13 Å². The van der Waals surface area contributed by atoms with E-state index in [0.29, 0.717) is 30.3 Å². The molecule has 0 spiro atoms. The Bertz CT molecular complexity index is 1280. The molecule has 0 aliphatic carbocycles. The molecule has 0 saturated carbocycles. The van der Waals surface area contributed by atoms with Crippen LogP contribution in [0, 0.1) is 15.6 Å². The zero-order valence-electron chi connectivity index (χ0n) is 17.4. The van der Waals surface area contributed by atoms with Crippen molar-refractivity contribution in [3.05, 3.63) is 33.2 Å². The van der Waals surface area contributed by atoms with E-state index in [2.05, 4.69) is 42.3 Å². The molecule has 13 heteroatoms. The fourth-order valence-corrected chi connectivity index (χ4v) is 5.04. The van der Waals surface area contributed by atoms with Gasteiger partial charge in [-0.2, -0.15) is 14.4 Å². The number of benzene rings is 1. The minimum Gasteiger partial charge on any atom is -0.454 e. The lowest BCUT2D eigenvalue weighted by atomic mass is 10.1. The van der Waals surface area contributed by atoms with Gasteiger partial charge in [0.15, 0.2) is 28.5 Å². The molecule has 0 amide bonds. The number of anilines is 1. The van der Waals surface area contributed by atoms with E-state index >= 15 is 0 Å². The molecule has 3 heterocycles. The molecule has 0 bridgehead atoms. The van der Waals surface area contributed by atoms with Gasteiger partial charge in [0.25, 0.3) is 0 Å². The smallest absolute Gasteiger partial charge is 0.312 e. The number of nitrogens with two attached hydrogens (primary N) is 1. The van der Waals surface area contributed by atoms with E-state index in [-0.39, 0.29) is 42.0 Å². The van der Waals surface area contributed by atoms with Crippen LogP contribution in [-0.4, -0.2) is 47.0 Å². The summed E-state index contributed by atoms with van der Waals surface area (Å²) in [5, 5.41) is 0. The first-order chi connectivity index (χ1) is 15.1. The predicted molar refractivity (Wildman–Crippen MR) is 124 cm³/mol. The molecule has 0 radical (unpaired) electrons. The van der Waals surface area contributed by atoms with Gasteiger partial charge in [-0.15, -0.1) is 0 Å². The van der Waals surface area contributed by atoms with E-state index in [9.17, 15) is 12.8 Å². The van der Waals surface area contributed by atoms with Crippen molar-refractivity contribution in [1.82, 2.24) is 24.2 Å². The number of fused-ring (bicyclic) bond motifs is 2. The number of hydrogen-bond acceptors (Lipinski definition) is 8. The number of sulfonamides is 1. The average molecular weight is 576 g/mol. The summed E-state index contributed by atoms with van der Waals surface area (Å²) in [6.07, 6.45) is -0.674. The molecular formula is C19H22FIN6O4S. The maximum Gasteiger partial charge on any atom is 0.312 e. The summed E-state index contributed by atoms with van der Waals surface area (Å²) in [5.74, 6) is 1.61. The van der Waals surface area contributed by atoms with Crippen LogP contribution in [0.5, 0.6) is 11.5 Å². The Labute approximate surface area is 197 Å². The van der Waals surface area contributed by atoms with Crippen molar-refractivity contribution in [2.45, 2.75) is 26.8 Å². The van der Waals surface area contributed by atoms with Gasteiger partial charge in [0.05, 0.1) is 5.75 Å². The number of hydrogen-bond donors (Lipinski definition) is 2. The van der Waals surface area contributed by atoms with Crippen molar-refractivity contribution in [1.29, 1.82) is 0 Å². The second kappa shape index (κ2) is 8.94. The normalized spacial score (nSPS) is 13.4. The van der Waals surface area contributed by atoms with Gasteiger partial charge in [-0.1, -0.05) is 13.8 Å². The number of halogens is 2.